The van der Waals surface area contributed by atoms with Gasteiger partial charge in [-0.3, -0.25) is 4.79 Å². The molecule has 0 unspecified atom stereocenters. The van der Waals surface area contributed by atoms with Crippen LogP contribution in [0.5, 0.6) is 0 Å². The number of hydrogen-bond acceptors (Lipinski definition) is 8. The van der Waals surface area contributed by atoms with Crippen LogP contribution in [-0.2, 0) is 24.9 Å². The molecule has 50 heavy (non-hydrogen) atoms. The summed E-state index contributed by atoms with van der Waals surface area (Å²) >= 11 is 0. The minimum absolute atomic E-state index is 0. The fourth-order valence-electron chi connectivity index (χ4n) is 5.45. The van der Waals surface area contributed by atoms with E-state index < -0.39 is 0 Å². The third kappa shape index (κ3) is 7.86. The predicted octanol–water partition coefficient (Wildman–Crippen LogP) is 9.95. The van der Waals surface area contributed by atoms with Gasteiger partial charge in [0.1, 0.15) is 0 Å². The Hall–Kier alpha value is -5.50. The van der Waals surface area contributed by atoms with E-state index in [2.05, 4.69) is 58.0 Å². The van der Waals surface area contributed by atoms with Crippen molar-refractivity contribution in [1.82, 2.24) is 19.9 Å². The topological polar surface area (TPSA) is 115 Å². The number of carbonyl (C=O) groups is 1. The van der Waals surface area contributed by atoms with Crippen LogP contribution in [0, 0.1) is 39.8 Å². The van der Waals surface area contributed by atoms with Crippen molar-refractivity contribution < 1.29 is 38.8 Å². The molecule has 253 valence electrons. The van der Waals surface area contributed by atoms with Crippen LogP contribution in [-0.4, -0.2) is 30.8 Å². The summed E-state index contributed by atoms with van der Waals surface area (Å²) in [5.41, 5.74) is 10.6. The number of ketones is 1. The predicted molar refractivity (Wildman–Crippen MR) is 193 cm³/mol. The first-order chi connectivity index (χ1) is 23.6. The SMILES string of the molecule is CC(=O)/C=C(/C)O.Cc1ccnc(-c2[c-]ccc3c2oc2nc(C)ccc23)c1.Cc1ccnc(-c2[c-]ccc3c2oc2nc(C)ccc23)c1.[Ir]. The van der Waals surface area contributed by atoms with Crippen molar-refractivity contribution in [2.75, 3.05) is 0 Å². The summed E-state index contributed by atoms with van der Waals surface area (Å²) in [5, 5.41) is 12.5. The molecule has 9 heteroatoms. The molecule has 8 nitrogen and oxygen atoms in total. The van der Waals surface area contributed by atoms with Gasteiger partial charge in [0.25, 0.3) is 0 Å². The fraction of sp³-hybridized carbons (Fsp3) is 0.146. The second-order valence-corrected chi connectivity index (χ2v) is 11.8. The van der Waals surface area contributed by atoms with Crippen molar-refractivity contribution >= 4 is 49.9 Å². The van der Waals surface area contributed by atoms with Gasteiger partial charge in [-0.1, -0.05) is 45.2 Å². The van der Waals surface area contributed by atoms with Crippen molar-refractivity contribution in [2.45, 2.75) is 41.5 Å². The largest absolute Gasteiger partial charge is 0.512 e. The number of pyridine rings is 4. The van der Waals surface area contributed by atoms with Crippen molar-refractivity contribution in [1.29, 1.82) is 0 Å². The molecule has 0 amide bonds. The van der Waals surface area contributed by atoms with Gasteiger partial charge in [-0.15, -0.1) is 36.4 Å². The van der Waals surface area contributed by atoms with Gasteiger partial charge in [0.05, 0.1) is 16.9 Å². The normalized spacial score (nSPS) is 11.1. The minimum Gasteiger partial charge on any atom is -0.512 e. The smallest absolute Gasteiger partial charge is 0.216 e. The molecule has 0 saturated carbocycles. The second-order valence-electron chi connectivity index (χ2n) is 11.8. The molecule has 8 aromatic rings. The van der Waals surface area contributed by atoms with Crippen LogP contribution in [0.15, 0.2) is 106 Å². The maximum Gasteiger partial charge on any atom is 0.216 e. The molecule has 0 saturated heterocycles. The van der Waals surface area contributed by atoms with Gasteiger partial charge in [-0.25, -0.2) is 9.97 Å². The van der Waals surface area contributed by atoms with Crippen LogP contribution in [0.2, 0.25) is 0 Å². The average molecular weight is 839 g/mol. The van der Waals surface area contributed by atoms with Crippen LogP contribution in [0.25, 0.3) is 66.7 Å². The van der Waals surface area contributed by atoms with E-state index in [1.165, 1.54) is 19.9 Å². The van der Waals surface area contributed by atoms with Crippen LogP contribution >= 0.6 is 0 Å². The summed E-state index contributed by atoms with van der Waals surface area (Å²) in [5.74, 6) is -0.0625. The summed E-state index contributed by atoms with van der Waals surface area (Å²) in [4.78, 5) is 27.8. The Morgan fingerprint density at radius 3 is 1.46 bits per heavy atom. The Kier molecular flexibility index (Phi) is 11.0. The maximum atomic E-state index is 10.0. The number of aromatic nitrogens is 4. The molecule has 1 N–H and O–H groups in total. The number of fused-ring (bicyclic) bond motifs is 6. The van der Waals surface area contributed by atoms with Crippen molar-refractivity contribution in [3.8, 4) is 22.5 Å². The quantitative estimate of drug-likeness (QED) is 0.106. The Bertz CT molecular complexity index is 2350. The molecule has 0 aliphatic heterocycles. The van der Waals surface area contributed by atoms with Crippen LogP contribution in [0.1, 0.15) is 36.4 Å². The molecule has 0 spiro atoms. The Labute approximate surface area is 303 Å². The fourth-order valence-corrected chi connectivity index (χ4v) is 5.45. The molecule has 0 fully saturated rings. The zero-order chi connectivity index (χ0) is 34.7. The van der Waals surface area contributed by atoms with E-state index in [9.17, 15) is 4.79 Å². The first kappa shape index (κ1) is 35.8. The molecule has 6 heterocycles. The molecule has 8 rings (SSSR count). The van der Waals surface area contributed by atoms with Gasteiger partial charge in [-0.05, 0) is 89.3 Å². The van der Waals surface area contributed by atoms with Gasteiger partial charge in [0.2, 0.25) is 11.4 Å². The summed E-state index contributed by atoms with van der Waals surface area (Å²) in [7, 11) is 0. The van der Waals surface area contributed by atoms with Crippen LogP contribution < -0.4 is 0 Å². The molecule has 1 radical (unpaired) electrons. The summed E-state index contributed by atoms with van der Waals surface area (Å²) in [6.45, 7) is 10.9. The van der Waals surface area contributed by atoms with Crippen LogP contribution in [0.4, 0.5) is 0 Å². The number of carbonyl (C=O) groups excluding carboxylic acids is 1. The first-order valence-corrected chi connectivity index (χ1v) is 15.7. The molecule has 6 aromatic heterocycles. The van der Waals surface area contributed by atoms with Crippen LogP contribution in [0.3, 0.4) is 0 Å². The monoisotopic (exact) mass is 839 g/mol. The first-order valence-electron chi connectivity index (χ1n) is 15.7. The number of hydrogen-bond donors (Lipinski definition) is 1. The van der Waals surface area contributed by atoms with E-state index in [-0.39, 0.29) is 31.6 Å². The Morgan fingerprint density at radius 2 is 1.10 bits per heavy atom. The molecule has 2 aromatic carbocycles. The van der Waals surface area contributed by atoms with Gasteiger partial charge in [0.15, 0.2) is 5.78 Å². The number of aliphatic hydroxyl groups is 1. The minimum atomic E-state index is -0.125. The van der Waals surface area contributed by atoms with E-state index in [0.29, 0.717) is 11.4 Å². The number of aliphatic hydroxyl groups excluding tert-OH is 1. The molecule has 0 atom stereocenters. The molecule has 0 bridgehead atoms. The summed E-state index contributed by atoms with van der Waals surface area (Å²) in [6.07, 6.45) is 4.78. The van der Waals surface area contributed by atoms with Gasteiger partial charge in [0, 0.05) is 60.7 Å². The molecule has 0 aliphatic rings. The van der Waals surface area contributed by atoms with E-state index >= 15 is 0 Å². The molecular weight excluding hydrogens is 805 g/mol. The zero-order valence-corrected chi connectivity index (χ0v) is 30.8. The van der Waals surface area contributed by atoms with Crippen molar-refractivity contribution in [3.05, 3.63) is 132 Å². The second kappa shape index (κ2) is 15.4. The maximum absolute atomic E-state index is 10.0. The van der Waals surface area contributed by atoms with E-state index in [1.54, 1.807) is 0 Å². The number of aryl methyl sites for hydroxylation is 4. The molecule has 0 aliphatic carbocycles. The Balaban J connectivity index is 0.000000162. The van der Waals surface area contributed by atoms with Gasteiger partial charge < -0.3 is 23.9 Å². The number of furan rings is 2. The van der Waals surface area contributed by atoms with E-state index in [1.807, 2.05) is 86.9 Å². The summed E-state index contributed by atoms with van der Waals surface area (Å²) in [6, 6.07) is 30.5. The standard InChI is InChI=1S/2C18H13N2O.C5H8O2.Ir/c2*1-11-8-9-19-16(10-11)15-5-3-4-13-14-7-6-12(2)20-18(14)21-17(13)15;1-4(6)3-5(2)7;/h2*3-4,6-10H,1-2H3;3,6H,1-2H3;/q2*-1;;/b;;4-3-;. The summed E-state index contributed by atoms with van der Waals surface area (Å²) < 4.78 is 12.0. The zero-order valence-electron chi connectivity index (χ0n) is 28.5. The van der Waals surface area contributed by atoms with E-state index in [4.69, 9.17) is 13.9 Å². The number of benzene rings is 2. The third-order valence-corrected chi connectivity index (χ3v) is 7.63. The van der Waals surface area contributed by atoms with Crippen molar-refractivity contribution in [3.63, 3.8) is 0 Å². The average Bonchev–Trinajstić information content (AvgIpc) is 3.62. The number of rotatable bonds is 3. The van der Waals surface area contributed by atoms with Gasteiger partial charge in [-0.2, -0.15) is 0 Å². The number of nitrogens with zero attached hydrogens (tertiary/aromatic N) is 4. The number of allylic oxidation sites excluding steroid dienone is 2. The molecular formula is C41H34IrN4O4-2. The van der Waals surface area contributed by atoms with Gasteiger partial charge >= 0.3 is 0 Å². The Morgan fingerprint density at radius 1 is 0.660 bits per heavy atom. The third-order valence-electron chi connectivity index (χ3n) is 7.63. The van der Waals surface area contributed by atoms with Crippen molar-refractivity contribution in [2.24, 2.45) is 0 Å². The van der Waals surface area contributed by atoms with E-state index in [0.717, 1.165) is 77.7 Å².